The van der Waals surface area contributed by atoms with Crippen LogP contribution >= 0.6 is 0 Å². The van der Waals surface area contributed by atoms with E-state index in [1.54, 1.807) is 12.1 Å². The molecule has 2 heterocycles. The Balaban J connectivity index is 1.73. The molecule has 4 rings (SSSR count). The van der Waals surface area contributed by atoms with Gasteiger partial charge in [-0.25, -0.2) is 4.21 Å². The van der Waals surface area contributed by atoms with Gasteiger partial charge in [0.1, 0.15) is 6.07 Å². The second-order valence-corrected chi connectivity index (χ2v) is 9.51. The van der Waals surface area contributed by atoms with Gasteiger partial charge in [-0.3, -0.25) is 4.98 Å². The number of nitrogens with zero attached hydrogens (tertiary/aromatic N) is 3. The van der Waals surface area contributed by atoms with Gasteiger partial charge in [-0.15, -0.1) is 0 Å². The van der Waals surface area contributed by atoms with Crippen LogP contribution < -0.4 is 19.5 Å². The first-order valence-electron chi connectivity index (χ1n) is 10.8. The SMILES string of the molecule is COc1cc(Nc2c(C#N)cnc3c2S(=O)C(c2ccc(CN(C)C)cc2)=C3)cc(OC)c1OC. The number of nitriles is 1. The molecule has 8 nitrogen and oxygen atoms in total. The molecule has 1 aromatic heterocycles. The van der Waals surface area contributed by atoms with Crippen molar-refractivity contribution in [3.05, 3.63) is 65.0 Å². The standard InChI is InChI=1S/C26H26N4O4S/c1-30(2)15-16-6-8-17(9-7-16)23-12-20-26(35(23)31)24(18(13-27)14-28-20)29-19-10-21(32-3)25(34-5)22(11-19)33-4/h6-12,14H,15H2,1-5H3,(H,28,29). The van der Waals surface area contributed by atoms with Gasteiger partial charge in [0, 0.05) is 30.6 Å². The van der Waals surface area contributed by atoms with Crippen molar-refractivity contribution in [2.45, 2.75) is 11.4 Å². The predicted octanol–water partition coefficient (Wildman–Crippen LogP) is 4.40. The molecule has 1 aliphatic rings. The van der Waals surface area contributed by atoms with Crippen molar-refractivity contribution in [3.8, 4) is 23.3 Å². The van der Waals surface area contributed by atoms with Crippen molar-refractivity contribution in [2.24, 2.45) is 0 Å². The number of aromatic nitrogens is 1. The molecule has 2 aromatic carbocycles. The summed E-state index contributed by atoms with van der Waals surface area (Å²) in [7, 11) is 7.08. The minimum absolute atomic E-state index is 0.279. The Morgan fingerprint density at radius 2 is 1.71 bits per heavy atom. The summed E-state index contributed by atoms with van der Waals surface area (Å²) in [6.07, 6.45) is 3.30. The van der Waals surface area contributed by atoms with Gasteiger partial charge in [-0.2, -0.15) is 5.26 Å². The molecular weight excluding hydrogens is 464 g/mol. The fraction of sp³-hybridized carbons (Fsp3) is 0.231. The van der Waals surface area contributed by atoms with Crippen molar-refractivity contribution in [2.75, 3.05) is 40.7 Å². The summed E-state index contributed by atoms with van der Waals surface area (Å²) >= 11 is 0. The predicted molar refractivity (Wildman–Crippen MR) is 136 cm³/mol. The maximum Gasteiger partial charge on any atom is 0.203 e. The molecule has 9 heteroatoms. The summed E-state index contributed by atoms with van der Waals surface area (Å²) in [4.78, 5) is 7.60. The number of anilines is 2. The van der Waals surface area contributed by atoms with Crippen LogP contribution in [0.15, 0.2) is 47.5 Å². The van der Waals surface area contributed by atoms with E-state index in [9.17, 15) is 9.47 Å². The molecule has 0 saturated heterocycles. The number of nitrogens with one attached hydrogen (secondary N) is 1. The van der Waals surface area contributed by atoms with Crippen molar-refractivity contribution < 1.29 is 18.4 Å². The molecule has 0 bridgehead atoms. The molecule has 0 spiro atoms. The number of hydrogen-bond donors (Lipinski definition) is 1. The molecular formula is C26H26N4O4S. The van der Waals surface area contributed by atoms with Gasteiger partial charge in [-0.1, -0.05) is 24.3 Å². The van der Waals surface area contributed by atoms with Crippen LogP contribution in [0.5, 0.6) is 17.2 Å². The summed E-state index contributed by atoms with van der Waals surface area (Å²) in [5.41, 5.74) is 3.87. The second kappa shape index (κ2) is 10.2. The third kappa shape index (κ3) is 4.71. The topological polar surface area (TPSA) is 96.7 Å². The number of fused-ring (bicyclic) bond motifs is 1. The highest BCUT2D eigenvalue weighted by molar-refractivity contribution is 7.95. The van der Waals surface area contributed by atoms with Crippen LogP contribution in [-0.2, 0) is 17.3 Å². The van der Waals surface area contributed by atoms with Crippen LogP contribution in [-0.4, -0.2) is 49.5 Å². The number of benzene rings is 2. The zero-order valence-electron chi connectivity index (χ0n) is 20.2. The van der Waals surface area contributed by atoms with E-state index in [2.05, 4.69) is 21.3 Å². The Hall–Kier alpha value is -3.87. The third-order valence-corrected chi connectivity index (χ3v) is 7.04. The Labute approximate surface area is 207 Å². The molecule has 0 radical (unpaired) electrons. The van der Waals surface area contributed by atoms with Gasteiger partial charge in [0.05, 0.1) is 58.9 Å². The zero-order chi connectivity index (χ0) is 25.1. The molecule has 3 aromatic rings. The minimum Gasteiger partial charge on any atom is -0.493 e. The molecule has 35 heavy (non-hydrogen) atoms. The molecule has 1 N–H and O–H groups in total. The molecule has 180 valence electrons. The maximum absolute atomic E-state index is 13.7. The normalized spacial score (nSPS) is 14.2. The van der Waals surface area contributed by atoms with E-state index in [0.29, 0.717) is 44.1 Å². The summed E-state index contributed by atoms with van der Waals surface area (Å²) in [6, 6.07) is 13.6. The Kier molecular flexibility index (Phi) is 7.05. The van der Waals surface area contributed by atoms with Gasteiger partial charge in [0.2, 0.25) is 5.75 Å². The average Bonchev–Trinajstić information content (AvgIpc) is 3.20. The molecule has 1 unspecified atom stereocenters. The van der Waals surface area contributed by atoms with Crippen LogP contribution in [0.1, 0.15) is 22.4 Å². The van der Waals surface area contributed by atoms with Gasteiger partial charge in [0.25, 0.3) is 0 Å². The number of methoxy groups -OCH3 is 3. The summed E-state index contributed by atoms with van der Waals surface area (Å²) in [6.45, 7) is 0.818. The number of hydrogen-bond acceptors (Lipinski definition) is 8. The van der Waals surface area contributed by atoms with E-state index in [-0.39, 0.29) is 5.56 Å². The number of rotatable bonds is 8. The van der Waals surface area contributed by atoms with Crippen molar-refractivity contribution in [3.63, 3.8) is 0 Å². The minimum atomic E-state index is -1.53. The largest absolute Gasteiger partial charge is 0.493 e. The van der Waals surface area contributed by atoms with E-state index in [1.807, 2.05) is 44.4 Å². The van der Waals surface area contributed by atoms with Gasteiger partial charge in [-0.05, 0) is 31.3 Å². The number of pyridine rings is 1. The van der Waals surface area contributed by atoms with Crippen LogP contribution in [0.25, 0.3) is 11.0 Å². The fourth-order valence-electron chi connectivity index (χ4n) is 3.92. The molecule has 0 amide bonds. The first kappa shape index (κ1) is 24.3. The monoisotopic (exact) mass is 490 g/mol. The highest BCUT2D eigenvalue weighted by atomic mass is 32.2. The van der Waals surface area contributed by atoms with Gasteiger partial charge < -0.3 is 24.4 Å². The second-order valence-electron chi connectivity index (χ2n) is 8.12. The fourth-order valence-corrected chi connectivity index (χ4v) is 5.36. The van der Waals surface area contributed by atoms with E-state index in [4.69, 9.17) is 14.2 Å². The van der Waals surface area contributed by atoms with Gasteiger partial charge >= 0.3 is 0 Å². The highest BCUT2D eigenvalue weighted by Gasteiger charge is 2.29. The van der Waals surface area contributed by atoms with Crippen LogP contribution in [0.4, 0.5) is 11.4 Å². The first-order valence-corrected chi connectivity index (χ1v) is 11.9. The lowest BCUT2D eigenvalue weighted by Crippen LogP contribution is -2.10. The van der Waals surface area contributed by atoms with E-state index in [1.165, 1.54) is 27.5 Å². The number of ether oxygens (including phenoxy) is 3. The molecule has 0 fully saturated rings. The maximum atomic E-state index is 13.7. The van der Waals surface area contributed by atoms with E-state index in [0.717, 1.165) is 17.7 Å². The Morgan fingerprint density at radius 1 is 1.06 bits per heavy atom. The lowest BCUT2D eigenvalue weighted by Gasteiger charge is -2.17. The lowest BCUT2D eigenvalue weighted by atomic mass is 10.1. The Bertz CT molecular complexity index is 1340. The lowest BCUT2D eigenvalue weighted by molar-refractivity contribution is 0.324. The smallest absolute Gasteiger partial charge is 0.203 e. The summed E-state index contributed by atoms with van der Waals surface area (Å²) in [5.74, 6) is 1.36. The van der Waals surface area contributed by atoms with Crippen molar-refractivity contribution in [1.82, 2.24) is 9.88 Å². The first-order chi connectivity index (χ1) is 16.9. The van der Waals surface area contributed by atoms with Crippen molar-refractivity contribution in [1.29, 1.82) is 5.26 Å². The van der Waals surface area contributed by atoms with Crippen LogP contribution in [0.2, 0.25) is 0 Å². The summed E-state index contributed by atoms with van der Waals surface area (Å²) in [5, 5.41) is 13.0. The van der Waals surface area contributed by atoms with Crippen LogP contribution in [0.3, 0.4) is 0 Å². The average molecular weight is 491 g/mol. The summed E-state index contributed by atoms with van der Waals surface area (Å²) < 4.78 is 29.9. The van der Waals surface area contributed by atoms with E-state index >= 15 is 0 Å². The third-order valence-electron chi connectivity index (χ3n) is 5.51. The van der Waals surface area contributed by atoms with Crippen molar-refractivity contribution >= 4 is 33.2 Å². The van der Waals surface area contributed by atoms with E-state index < -0.39 is 10.8 Å². The molecule has 1 aliphatic heterocycles. The quantitative estimate of drug-likeness (QED) is 0.496. The molecule has 0 aliphatic carbocycles. The van der Waals surface area contributed by atoms with Crippen LogP contribution in [0, 0.1) is 11.3 Å². The Morgan fingerprint density at radius 3 is 2.26 bits per heavy atom. The molecule has 1 atom stereocenters. The zero-order valence-corrected chi connectivity index (χ0v) is 21.0. The highest BCUT2D eigenvalue weighted by Crippen LogP contribution is 2.44. The van der Waals surface area contributed by atoms with Gasteiger partial charge in [0.15, 0.2) is 11.5 Å². The molecule has 0 saturated carbocycles.